The molecule has 0 aromatic heterocycles. The molecular weight excluding hydrogens is 234 g/mol. The molecule has 98 valence electrons. The zero-order valence-electron chi connectivity index (χ0n) is 11.1. The van der Waals surface area contributed by atoms with Crippen molar-refractivity contribution in [3.05, 3.63) is 54.1 Å². The molecule has 2 N–H and O–H groups in total. The van der Waals surface area contributed by atoms with Gasteiger partial charge in [-0.05, 0) is 25.2 Å². The summed E-state index contributed by atoms with van der Waals surface area (Å²) in [7, 11) is 0. The molecule has 0 aliphatic heterocycles. The number of phenols is 1. The first kappa shape index (κ1) is 12.2. The predicted molar refractivity (Wildman–Crippen MR) is 79.3 cm³/mol. The van der Waals surface area contributed by atoms with Crippen LogP contribution in [0, 0.1) is 0 Å². The van der Waals surface area contributed by atoms with Crippen molar-refractivity contribution in [3.63, 3.8) is 0 Å². The number of hydrogen-bond donors (Lipinski definition) is 2. The van der Waals surface area contributed by atoms with Gasteiger partial charge >= 0.3 is 0 Å². The van der Waals surface area contributed by atoms with Crippen LogP contribution in [0.1, 0.15) is 31.4 Å². The summed E-state index contributed by atoms with van der Waals surface area (Å²) in [6, 6.07) is 12.7. The Morgan fingerprint density at radius 1 is 1.11 bits per heavy atom. The molecule has 3 rings (SSSR count). The van der Waals surface area contributed by atoms with Gasteiger partial charge in [-0.3, -0.25) is 0 Å². The van der Waals surface area contributed by atoms with Gasteiger partial charge < -0.3 is 10.4 Å². The molecule has 2 aromatic rings. The second-order valence-corrected chi connectivity index (χ2v) is 5.25. The lowest BCUT2D eigenvalue weighted by Gasteiger charge is -2.21. The molecule has 2 aromatic carbocycles. The molecule has 0 saturated carbocycles. The van der Waals surface area contributed by atoms with Gasteiger partial charge in [0.05, 0.1) is 0 Å². The lowest BCUT2D eigenvalue weighted by molar-refractivity contribution is 0.435. The Hall–Kier alpha value is -1.80. The van der Waals surface area contributed by atoms with Crippen molar-refractivity contribution in [2.75, 3.05) is 0 Å². The van der Waals surface area contributed by atoms with Gasteiger partial charge in [-0.15, -0.1) is 0 Å². The molecule has 1 aliphatic rings. The largest absolute Gasteiger partial charge is 0.507 e. The summed E-state index contributed by atoms with van der Waals surface area (Å²) >= 11 is 0. The van der Waals surface area contributed by atoms with Crippen LogP contribution in [0.5, 0.6) is 5.75 Å². The van der Waals surface area contributed by atoms with Crippen LogP contribution in [-0.4, -0.2) is 11.1 Å². The summed E-state index contributed by atoms with van der Waals surface area (Å²) in [6.45, 7) is 2.11. The molecule has 0 saturated heterocycles. The fourth-order valence-electron chi connectivity index (χ4n) is 2.82. The van der Waals surface area contributed by atoms with Gasteiger partial charge in [-0.25, -0.2) is 0 Å². The minimum absolute atomic E-state index is 0.162. The monoisotopic (exact) mass is 253 g/mol. The quantitative estimate of drug-likeness (QED) is 0.813. The number of rotatable bonds is 3. The number of phenolic OH excluding ortho intramolecular Hbond substituents is 1. The first-order valence-corrected chi connectivity index (χ1v) is 6.87. The molecule has 0 amide bonds. The van der Waals surface area contributed by atoms with Crippen molar-refractivity contribution in [1.82, 2.24) is 5.32 Å². The van der Waals surface area contributed by atoms with Crippen molar-refractivity contribution >= 4 is 10.8 Å². The highest BCUT2D eigenvalue weighted by Crippen LogP contribution is 2.32. The third kappa shape index (κ3) is 2.36. The lowest BCUT2D eigenvalue weighted by Crippen LogP contribution is -2.29. The first-order valence-electron chi connectivity index (χ1n) is 6.87. The highest BCUT2D eigenvalue weighted by atomic mass is 16.3. The Morgan fingerprint density at radius 3 is 2.63 bits per heavy atom. The topological polar surface area (TPSA) is 32.3 Å². The summed E-state index contributed by atoms with van der Waals surface area (Å²) in [5, 5.41) is 16.0. The van der Waals surface area contributed by atoms with Gasteiger partial charge in [0.1, 0.15) is 5.75 Å². The van der Waals surface area contributed by atoms with E-state index in [1.54, 1.807) is 0 Å². The average molecular weight is 253 g/mol. The van der Waals surface area contributed by atoms with E-state index in [-0.39, 0.29) is 6.04 Å². The van der Waals surface area contributed by atoms with E-state index in [0.29, 0.717) is 11.8 Å². The van der Waals surface area contributed by atoms with Crippen LogP contribution in [0.3, 0.4) is 0 Å². The molecule has 0 fully saturated rings. The van der Waals surface area contributed by atoms with Crippen LogP contribution >= 0.6 is 0 Å². The summed E-state index contributed by atoms with van der Waals surface area (Å²) in [6.07, 6.45) is 6.59. The van der Waals surface area contributed by atoms with Crippen molar-refractivity contribution in [1.29, 1.82) is 0 Å². The standard InChI is InChI=1S/C17H19NO/c1-12(18-14-7-3-4-8-14)15-11-10-13-6-2-5-9-16(13)17(15)19/h2-6,9-12,14,18-19H,7-8H2,1H3. The fourth-order valence-corrected chi connectivity index (χ4v) is 2.82. The zero-order valence-corrected chi connectivity index (χ0v) is 11.1. The maximum absolute atomic E-state index is 10.4. The van der Waals surface area contributed by atoms with E-state index in [1.165, 1.54) is 0 Å². The van der Waals surface area contributed by atoms with Crippen molar-refractivity contribution in [2.45, 2.75) is 31.8 Å². The second-order valence-electron chi connectivity index (χ2n) is 5.25. The molecule has 0 bridgehead atoms. The Bertz CT molecular complexity index is 610. The smallest absolute Gasteiger partial charge is 0.128 e. The van der Waals surface area contributed by atoms with Gasteiger partial charge in [-0.1, -0.05) is 48.6 Å². The Balaban J connectivity index is 1.89. The highest BCUT2D eigenvalue weighted by Gasteiger charge is 2.17. The number of nitrogens with one attached hydrogen (secondary N) is 1. The Labute approximate surface area is 113 Å². The maximum atomic E-state index is 10.4. The molecule has 0 heterocycles. The van der Waals surface area contributed by atoms with E-state index in [1.807, 2.05) is 30.3 Å². The molecule has 2 heteroatoms. The van der Waals surface area contributed by atoms with Gasteiger partial charge in [0.15, 0.2) is 0 Å². The first-order chi connectivity index (χ1) is 9.25. The molecule has 19 heavy (non-hydrogen) atoms. The van der Waals surface area contributed by atoms with Crippen LogP contribution in [-0.2, 0) is 0 Å². The molecule has 2 nitrogen and oxygen atoms in total. The van der Waals surface area contributed by atoms with E-state index >= 15 is 0 Å². The summed E-state index contributed by atoms with van der Waals surface area (Å²) < 4.78 is 0. The average Bonchev–Trinajstić information content (AvgIpc) is 2.92. The van der Waals surface area contributed by atoms with Crippen molar-refractivity contribution < 1.29 is 5.11 Å². The van der Waals surface area contributed by atoms with E-state index in [9.17, 15) is 5.11 Å². The minimum atomic E-state index is 0.162. The zero-order chi connectivity index (χ0) is 13.2. The summed E-state index contributed by atoms with van der Waals surface area (Å²) in [5.41, 5.74) is 0.977. The van der Waals surface area contributed by atoms with E-state index in [0.717, 1.165) is 29.2 Å². The number of benzene rings is 2. The van der Waals surface area contributed by atoms with Gasteiger partial charge in [0, 0.05) is 23.0 Å². The minimum Gasteiger partial charge on any atom is -0.507 e. The lowest BCUT2D eigenvalue weighted by atomic mass is 10.00. The third-order valence-corrected chi connectivity index (χ3v) is 3.89. The Morgan fingerprint density at radius 2 is 1.84 bits per heavy atom. The molecule has 0 spiro atoms. The van der Waals surface area contributed by atoms with Crippen LogP contribution in [0.25, 0.3) is 10.8 Å². The molecule has 1 atom stereocenters. The molecule has 1 aliphatic carbocycles. The molecule has 1 unspecified atom stereocenters. The van der Waals surface area contributed by atoms with Crippen molar-refractivity contribution in [3.8, 4) is 5.75 Å². The van der Waals surface area contributed by atoms with Gasteiger partial charge in [-0.2, -0.15) is 0 Å². The Kier molecular flexibility index (Phi) is 3.26. The van der Waals surface area contributed by atoms with Crippen LogP contribution in [0.2, 0.25) is 0 Å². The van der Waals surface area contributed by atoms with Crippen LogP contribution < -0.4 is 5.32 Å². The predicted octanol–water partition coefficient (Wildman–Crippen LogP) is 3.91. The normalized spacial score (nSPS) is 17.1. The second kappa shape index (κ2) is 5.06. The third-order valence-electron chi connectivity index (χ3n) is 3.89. The fraction of sp³-hybridized carbons (Fsp3) is 0.294. The summed E-state index contributed by atoms with van der Waals surface area (Å²) in [5.74, 6) is 0.407. The maximum Gasteiger partial charge on any atom is 0.128 e. The highest BCUT2D eigenvalue weighted by molar-refractivity contribution is 5.89. The number of fused-ring (bicyclic) bond motifs is 1. The molecule has 0 radical (unpaired) electrons. The van der Waals surface area contributed by atoms with E-state index in [2.05, 4.69) is 30.5 Å². The van der Waals surface area contributed by atoms with E-state index < -0.39 is 0 Å². The van der Waals surface area contributed by atoms with E-state index in [4.69, 9.17) is 0 Å². The number of hydrogen-bond acceptors (Lipinski definition) is 2. The van der Waals surface area contributed by atoms with Crippen LogP contribution in [0.15, 0.2) is 48.6 Å². The van der Waals surface area contributed by atoms with Gasteiger partial charge in [0.2, 0.25) is 0 Å². The number of aromatic hydroxyl groups is 1. The SMILES string of the molecule is CC(NC1CC=CC1)c1ccc2ccccc2c1O. The van der Waals surface area contributed by atoms with Crippen LogP contribution in [0.4, 0.5) is 0 Å². The van der Waals surface area contributed by atoms with Gasteiger partial charge in [0.25, 0.3) is 0 Å². The van der Waals surface area contributed by atoms with Crippen molar-refractivity contribution in [2.24, 2.45) is 0 Å². The molecular formula is C17H19NO. The summed E-state index contributed by atoms with van der Waals surface area (Å²) in [4.78, 5) is 0.